The van der Waals surface area contributed by atoms with Gasteiger partial charge in [-0.3, -0.25) is 10.2 Å². The molecule has 1 fully saturated rings. The molecule has 1 aliphatic carbocycles. The Morgan fingerprint density at radius 2 is 2.10 bits per heavy atom. The fourth-order valence-electron chi connectivity index (χ4n) is 2.47. The minimum Gasteiger partial charge on any atom is -0.497 e. The molecular weight excluding hydrogens is 266 g/mol. The Morgan fingerprint density at radius 3 is 2.71 bits per heavy atom. The molecule has 3 rings (SSSR count). The number of hydrogen-bond donors (Lipinski definition) is 2. The first-order chi connectivity index (χ1) is 10.1. The summed E-state index contributed by atoms with van der Waals surface area (Å²) in [5.74, 6) is 0.560. The van der Waals surface area contributed by atoms with Gasteiger partial charge in [-0.1, -0.05) is 12.1 Å². The normalized spacial score (nSPS) is 14.0. The lowest BCUT2D eigenvalue weighted by atomic mass is 10.1. The molecule has 3 N–H and O–H groups in total. The van der Waals surface area contributed by atoms with E-state index in [4.69, 9.17) is 15.9 Å². The van der Waals surface area contributed by atoms with Gasteiger partial charge in [-0.2, -0.15) is 0 Å². The fraction of sp³-hybridized carbons (Fsp3) is 0.250. The maximum Gasteiger partial charge on any atom is 0.262 e. The zero-order valence-electron chi connectivity index (χ0n) is 11.8. The third-order valence-corrected chi connectivity index (χ3v) is 3.68. The van der Waals surface area contributed by atoms with Crippen molar-refractivity contribution in [2.24, 2.45) is 5.73 Å². The van der Waals surface area contributed by atoms with E-state index < -0.39 is 0 Å². The van der Waals surface area contributed by atoms with Crippen molar-refractivity contribution >= 4 is 5.84 Å². The van der Waals surface area contributed by atoms with Crippen molar-refractivity contribution in [1.82, 2.24) is 4.57 Å². The van der Waals surface area contributed by atoms with E-state index in [1.165, 1.54) is 0 Å². The maximum absolute atomic E-state index is 12.6. The Morgan fingerprint density at radius 1 is 1.33 bits per heavy atom. The summed E-state index contributed by atoms with van der Waals surface area (Å²) in [5, 5.41) is 7.52. The molecule has 1 saturated carbocycles. The number of nitrogens with two attached hydrogens (primary N) is 1. The van der Waals surface area contributed by atoms with Crippen molar-refractivity contribution in [2.75, 3.05) is 7.11 Å². The van der Waals surface area contributed by atoms with Gasteiger partial charge in [-0.15, -0.1) is 0 Å². The SMILES string of the molecule is COc1cccc(-c2ccc(C(=N)N)c(=O)n2C2CC2)c1. The van der Waals surface area contributed by atoms with E-state index in [1.54, 1.807) is 17.7 Å². The lowest BCUT2D eigenvalue weighted by molar-refractivity contribution is 0.415. The molecule has 5 nitrogen and oxygen atoms in total. The van der Waals surface area contributed by atoms with E-state index in [0.29, 0.717) is 0 Å². The standard InChI is InChI=1S/C16H17N3O2/c1-21-12-4-2-3-10(9-12)14-8-7-13(15(17)18)16(20)19(14)11-5-6-11/h2-4,7-9,11H,5-6H2,1H3,(H3,17,18). The quantitative estimate of drug-likeness (QED) is 0.666. The molecule has 0 saturated heterocycles. The minimum absolute atomic E-state index is 0.188. The first-order valence-corrected chi connectivity index (χ1v) is 6.86. The Hall–Kier alpha value is -2.56. The summed E-state index contributed by atoms with van der Waals surface area (Å²) in [6.07, 6.45) is 1.97. The van der Waals surface area contributed by atoms with Crippen LogP contribution < -0.4 is 16.0 Å². The number of benzene rings is 1. The van der Waals surface area contributed by atoms with Gasteiger partial charge in [0.05, 0.1) is 18.4 Å². The number of amidine groups is 1. The van der Waals surface area contributed by atoms with E-state index in [0.717, 1.165) is 29.8 Å². The first-order valence-electron chi connectivity index (χ1n) is 6.86. The molecule has 0 radical (unpaired) electrons. The van der Waals surface area contributed by atoms with Gasteiger partial charge in [0, 0.05) is 11.6 Å². The summed E-state index contributed by atoms with van der Waals surface area (Å²) in [6, 6.07) is 11.3. The third-order valence-electron chi connectivity index (χ3n) is 3.68. The van der Waals surface area contributed by atoms with Crippen LogP contribution in [0, 0.1) is 5.41 Å². The Labute approximate surface area is 122 Å². The molecule has 1 aromatic heterocycles. The number of nitrogens with zero attached hydrogens (tertiary/aromatic N) is 1. The molecule has 0 spiro atoms. The van der Waals surface area contributed by atoms with Gasteiger partial charge in [0.2, 0.25) is 0 Å². The molecule has 0 atom stereocenters. The average Bonchev–Trinajstić information content (AvgIpc) is 3.31. The molecule has 2 aromatic rings. The van der Waals surface area contributed by atoms with Crippen molar-refractivity contribution in [2.45, 2.75) is 18.9 Å². The van der Waals surface area contributed by atoms with E-state index in [-0.39, 0.29) is 23.0 Å². The number of rotatable bonds is 4. The van der Waals surface area contributed by atoms with Gasteiger partial charge in [0.25, 0.3) is 5.56 Å². The van der Waals surface area contributed by atoms with Crippen molar-refractivity contribution in [3.8, 4) is 17.0 Å². The second kappa shape index (κ2) is 5.09. The molecule has 1 aliphatic rings. The molecule has 1 heterocycles. The molecule has 0 unspecified atom stereocenters. The maximum atomic E-state index is 12.6. The van der Waals surface area contributed by atoms with E-state index in [9.17, 15) is 4.79 Å². The smallest absolute Gasteiger partial charge is 0.262 e. The van der Waals surface area contributed by atoms with Crippen LogP contribution in [0.4, 0.5) is 0 Å². The monoisotopic (exact) mass is 283 g/mol. The Kier molecular flexibility index (Phi) is 3.25. The van der Waals surface area contributed by atoms with Gasteiger partial charge in [0.15, 0.2) is 0 Å². The molecule has 5 heteroatoms. The number of ether oxygens (including phenoxy) is 1. The van der Waals surface area contributed by atoms with Gasteiger partial charge in [-0.05, 0) is 37.1 Å². The largest absolute Gasteiger partial charge is 0.497 e. The van der Waals surface area contributed by atoms with Crippen molar-refractivity contribution in [3.63, 3.8) is 0 Å². The van der Waals surface area contributed by atoms with Crippen LogP contribution in [0.5, 0.6) is 5.75 Å². The first kappa shape index (κ1) is 13.4. The molecular formula is C16H17N3O2. The molecule has 0 aliphatic heterocycles. The van der Waals surface area contributed by atoms with Crippen LogP contribution in [-0.2, 0) is 0 Å². The lowest BCUT2D eigenvalue weighted by Crippen LogP contribution is -2.30. The highest BCUT2D eigenvalue weighted by atomic mass is 16.5. The van der Waals surface area contributed by atoms with Crippen molar-refractivity contribution < 1.29 is 4.74 Å². The van der Waals surface area contributed by atoms with Crippen LogP contribution in [0.2, 0.25) is 0 Å². The van der Waals surface area contributed by atoms with E-state index in [2.05, 4.69) is 0 Å². The summed E-state index contributed by atoms with van der Waals surface area (Å²) < 4.78 is 7.00. The fourth-order valence-corrected chi connectivity index (χ4v) is 2.47. The number of hydrogen-bond acceptors (Lipinski definition) is 3. The number of nitrogens with one attached hydrogen (secondary N) is 1. The van der Waals surface area contributed by atoms with Crippen LogP contribution >= 0.6 is 0 Å². The molecule has 1 aromatic carbocycles. The second-order valence-electron chi connectivity index (χ2n) is 5.18. The number of methoxy groups -OCH3 is 1. The van der Waals surface area contributed by atoms with Gasteiger partial charge in [-0.25, -0.2) is 0 Å². The zero-order chi connectivity index (χ0) is 15.0. The average molecular weight is 283 g/mol. The van der Waals surface area contributed by atoms with Crippen LogP contribution in [0.25, 0.3) is 11.3 Å². The van der Waals surface area contributed by atoms with Crippen LogP contribution in [0.15, 0.2) is 41.2 Å². The van der Waals surface area contributed by atoms with E-state index >= 15 is 0 Å². The summed E-state index contributed by atoms with van der Waals surface area (Å²) in [5.41, 5.74) is 7.32. The number of nitrogen functional groups attached to an aromatic ring is 1. The van der Waals surface area contributed by atoms with Crippen molar-refractivity contribution in [3.05, 3.63) is 52.3 Å². The van der Waals surface area contributed by atoms with Gasteiger partial charge in [0.1, 0.15) is 11.6 Å². The predicted molar refractivity (Wildman–Crippen MR) is 82.0 cm³/mol. The highest BCUT2D eigenvalue weighted by Crippen LogP contribution is 2.37. The van der Waals surface area contributed by atoms with Gasteiger partial charge < -0.3 is 15.0 Å². The highest BCUT2D eigenvalue weighted by molar-refractivity contribution is 5.94. The summed E-state index contributed by atoms with van der Waals surface area (Å²) in [6.45, 7) is 0. The number of pyridine rings is 1. The third kappa shape index (κ3) is 2.42. The molecule has 0 bridgehead atoms. The summed E-state index contributed by atoms with van der Waals surface area (Å²) in [7, 11) is 1.62. The van der Waals surface area contributed by atoms with E-state index in [1.807, 2.05) is 30.3 Å². The molecule has 21 heavy (non-hydrogen) atoms. The second-order valence-corrected chi connectivity index (χ2v) is 5.18. The zero-order valence-corrected chi connectivity index (χ0v) is 11.8. The Bertz CT molecular complexity index is 760. The van der Waals surface area contributed by atoms with Gasteiger partial charge >= 0.3 is 0 Å². The van der Waals surface area contributed by atoms with Crippen LogP contribution in [0.3, 0.4) is 0 Å². The predicted octanol–water partition coefficient (Wildman–Crippen LogP) is 2.14. The van der Waals surface area contributed by atoms with Crippen LogP contribution in [-0.4, -0.2) is 17.5 Å². The van der Waals surface area contributed by atoms with Crippen molar-refractivity contribution in [1.29, 1.82) is 5.41 Å². The molecule has 0 amide bonds. The number of aromatic nitrogens is 1. The minimum atomic E-state index is -0.190. The summed E-state index contributed by atoms with van der Waals surface area (Å²) >= 11 is 0. The lowest BCUT2D eigenvalue weighted by Gasteiger charge is -2.14. The molecule has 108 valence electrons. The summed E-state index contributed by atoms with van der Waals surface area (Å²) in [4.78, 5) is 12.6. The topological polar surface area (TPSA) is 81.1 Å². The van der Waals surface area contributed by atoms with Crippen LogP contribution in [0.1, 0.15) is 24.4 Å². The Balaban J connectivity index is 2.20. The highest BCUT2D eigenvalue weighted by Gasteiger charge is 2.28.